The standard InChI is InChI=1S/C14H14ClNO5/c15-9-5-8(6-10-12(9)21-4-3-20-10)7-11(17)16-14(1-2-14)13(18)19/h5-6H,1-4,7H2,(H,16,17)(H,18,19). The van der Waals surface area contributed by atoms with E-state index >= 15 is 0 Å². The first-order valence-corrected chi connectivity index (χ1v) is 7.00. The number of benzene rings is 1. The lowest BCUT2D eigenvalue weighted by Crippen LogP contribution is -2.43. The van der Waals surface area contributed by atoms with Crippen LogP contribution in [0.15, 0.2) is 12.1 Å². The maximum Gasteiger partial charge on any atom is 0.329 e. The van der Waals surface area contributed by atoms with Crippen LogP contribution in [0, 0.1) is 0 Å². The zero-order valence-electron chi connectivity index (χ0n) is 11.1. The second kappa shape index (κ2) is 5.11. The first kappa shape index (κ1) is 14.0. The molecule has 0 bridgehead atoms. The van der Waals surface area contributed by atoms with Crippen LogP contribution in [0.4, 0.5) is 0 Å². The summed E-state index contributed by atoms with van der Waals surface area (Å²) in [5.41, 5.74) is -0.419. The molecule has 1 amide bonds. The van der Waals surface area contributed by atoms with Gasteiger partial charge in [-0.25, -0.2) is 4.79 Å². The van der Waals surface area contributed by atoms with Crippen molar-refractivity contribution in [3.8, 4) is 11.5 Å². The normalized spacial score (nSPS) is 18.0. The van der Waals surface area contributed by atoms with Gasteiger partial charge in [0.15, 0.2) is 11.5 Å². The van der Waals surface area contributed by atoms with E-state index in [1.807, 2.05) is 0 Å². The van der Waals surface area contributed by atoms with E-state index in [0.717, 1.165) is 0 Å². The lowest BCUT2D eigenvalue weighted by atomic mass is 10.1. The van der Waals surface area contributed by atoms with Crippen molar-refractivity contribution < 1.29 is 24.2 Å². The van der Waals surface area contributed by atoms with E-state index in [4.69, 9.17) is 26.2 Å². The predicted molar refractivity (Wildman–Crippen MR) is 73.9 cm³/mol. The summed E-state index contributed by atoms with van der Waals surface area (Å²) in [6.07, 6.45) is 0.983. The highest BCUT2D eigenvalue weighted by atomic mass is 35.5. The highest BCUT2D eigenvalue weighted by molar-refractivity contribution is 6.32. The highest BCUT2D eigenvalue weighted by Gasteiger charge is 2.51. The molecule has 1 aliphatic heterocycles. The zero-order valence-corrected chi connectivity index (χ0v) is 11.9. The quantitative estimate of drug-likeness (QED) is 0.877. The summed E-state index contributed by atoms with van der Waals surface area (Å²) in [4.78, 5) is 23.0. The van der Waals surface area contributed by atoms with Crippen LogP contribution in [0.2, 0.25) is 5.02 Å². The van der Waals surface area contributed by atoms with Crippen LogP contribution >= 0.6 is 11.6 Å². The largest absolute Gasteiger partial charge is 0.486 e. The van der Waals surface area contributed by atoms with E-state index in [1.54, 1.807) is 12.1 Å². The molecular formula is C14H14ClNO5. The Morgan fingerprint density at radius 2 is 2.00 bits per heavy atom. The molecule has 7 heteroatoms. The van der Waals surface area contributed by atoms with Crippen molar-refractivity contribution in [2.45, 2.75) is 24.8 Å². The number of halogens is 1. The molecule has 1 aliphatic carbocycles. The molecule has 1 aromatic rings. The fourth-order valence-electron chi connectivity index (χ4n) is 2.28. The average Bonchev–Trinajstić information content (AvgIpc) is 3.19. The van der Waals surface area contributed by atoms with Crippen LogP contribution < -0.4 is 14.8 Å². The van der Waals surface area contributed by atoms with Crippen molar-refractivity contribution in [2.75, 3.05) is 13.2 Å². The lowest BCUT2D eigenvalue weighted by Gasteiger charge is -2.20. The summed E-state index contributed by atoms with van der Waals surface area (Å²) in [6.45, 7) is 0.870. The third-order valence-electron chi connectivity index (χ3n) is 3.56. The molecular weight excluding hydrogens is 298 g/mol. The van der Waals surface area contributed by atoms with Crippen LogP contribution in [-0.4, -0.2) is 35.7 Å². The number of nitrogens with one attached hydrogen (secondary N) is 1. The molecule has 6 nitrogen and oxygen atoms in total. The van der Waals surface area contributed by atoms with Crippen LogP contribution in [0.25, 0.3) is 0 Å². The van der Waals surface area contributed by atoms with E-state index < -0.39 is 11.5 Å². The molecule has 2 N–H and O–H groups in total. The van der Waals surface area contributed by atoms with Gasteiger partial charge in [-0.1, -0.05) is 11.6 Å². The number of carboxylic acids is 1. The second-order valence-electron chi connectivity index (χ2n) is 5.21. The molecule has 0 radical (unpaired) electrons. The number of carbonyl (C=O) groups is 2. The van der Waals surface area contributed by atoms with Crippen LogP contribution in [0.1, 0.15) is 18.4 Å². The third-order valence-corrected chi connectivity index (χ3v) is 3.84. The summed E-state index contributed by atoms with van der Waals surface area (Å²) in [7, 11) is 0. The van der Waals surface area contributed by atoms with Gasteiger partial charge in [0, 0.05) is 0 Å². The molecule has 3 rings (SSSR count). The number of ether oxygens (including phenoxy) is 2. The Bertz CT molecular complexity index is 612. The maximum atomic E-state index is 12.0. The smallest absolute Gasteiger partial charge is 0.329 e. The molecule has 1 saturated carbocycles. The molecule has 0 unspecified atom stereocenters. The third kappa shape index (κ3) is 2.76. The molecule has 21 heavy (non-hydrogen) atoms. The zero-order chi connectivity index (χ0) is 15.0. The lowest BCUT2D eigenvalue weighted by molar-refractivity contribution is -0.143. The Hall–Kier alpha value is -1.95. The van der Waals surface area contributed by atoms with E-state index in [9.17, 15) is 9.59 Å². The van der Waals surface area contributed by atoms with E-state index in [2.05, 4.69) is 5.32 Å². The summed E-state index contributed by atoms with van der Waals surface area (Å²) in [5, 5.41) is 12.0. The topological polar surface area (TPSA) is 84.9 Å². The van der Waals surface area contributed by atoms with Gasteiger partial charge < -0.3 is 19.9 Å². The molecule has 0 aromatic heterocycles. The predicted octanol–water partition coefficient (Wildman–Crippen LogP) is 1.39. The van der Waals surface area contributed by atoms with Gasteiger partial charge in [-0.15, -0.1) is 0 Å². The van der Waals surface area contributed by atoms with Gasteiger partial charge in [0.05, 0.1) is 11.4 Å². The summed E-state index contributed by atoms with van der Waals surface area (Å²) >= 11 is 6.10. The second-order valence-corrected chi connectivity index (χ2v) is 5.62. The first-order chi connectivity index (χ1) is 10.00. The van der Waals surface area contributed by atoms with Gasteiger partial charge in [-0.3, -0.25) is 4.79 Å². The van der Waals surface area contributed by atoms with E-state index in [0.29, 0.717) is 48.1 Å². The van der Waals surface area contributed by atoms with Gasteiger partial charge in [-0.05, 0) is 30.5 Å². The average molecular weight is 312 g/mol. The van der Waals surface area contributed by atoms with Crippen molar-refractivity contribution in [1.82, 2.24) is 5.32 Å². The minimum absolute atomic E-state index is 0.0470. The summed E-state index contributed by atoms with van der Waals surface area (Å²) < 4.78 is 10.8. The first-order valence-electron chi connectivity index (χ1n) is 6.63. The minimum Gasteiger partial charge on any atom is -0.486 e. The van der Waals surface area contributed by atoms with E-state index in [1.165, 1.54) is 0 Å². The molecule has 1 heterocycles. The Kier molecular flexibility index (Phi) is 3.41. The van der Waals surface area contributed by atoms with Crippen molar-refractivity contribution in [3.63, 3.8) is 0 Å². The van der Waals surface area contributed by atoms with Crippen LogP contribution in [0.3, 0.4) is 0 Å². The van der Waals surface area contributed by atoms with Crippen molar-refractivity contribution in [1.29, 1.82) is 0 Å². The summed E-state index contributed by atoms with van der Waals surface area (Å²) in [6, 6.07) is 3.33. The number of carboxylic acid groups (broad SMARTS) is 1. The molecule has 1 aromatic carbocycles. The number of fused-ring (bicyclic) bond motifs is 1. The summed E-state index contributed by atoms with van der Waals surface area (Å²) in [5.74, 6) is -0.342. The Morgan fingerprint density at radius 1 is 1.29 bits per heavy atom. The van der Waals surface area contributed by atoms with Gasteiger partial charge in [0.1, 0.15) is 18.8 Å². The fourth-order valence-corrected chi connectivity index (χ4v) is 2.57. The van der Waals surface area contributed by atoms with Gasteiger partial charge in [0.25, 0.3) is 0 Å². The minimum atomic E-state index is -1.07. The fraction of sp³-hybridized carbons (Fsp3) is 0.429. The molecule has 0 spiro atoms. The number of carbonyl (C=O) groups excluding carboxylic acids is 1. The van der Waals surface area contributed by atoms with Crippen LogP contribution in [0.5, 0.6) is 11.5 Å². The maximum absolute atomic E-state index is 12.0. The van der Waals surface area contributed by atoms with Gasteiger partial charge >= 0.3 is 5.97 Å². The SMILES string of the molecule is O=C(Cc1cc(Cl)c2c(c1)OCCO2)NC1(C(=O)O)CC1. The Balaban J connectivity index is 1.72. The molecule has 112 valence electrons. The van der Waals surface area contributed by atoms with Crippen LogP contribution in [-0.2, 0) is 16.0 Å². The van der Waals surface area contributed by atoms with Gasteiger partial charge in [-0.2, -0.15) is 0 Å². The number of aliphatic carboxylic acids is 1. The number of amides is 1. The van der Waals surface area contributed by atoms with Gasteiger partial charge in [0.2, 0.25) is 5.91 Å². The molecule has 1 fully saturated rings. The van der Waals surface area contributed by atoms with E-state index in [-0.39, 0.29) is 12.3 Å². The molecule has 0 atom stereocenters. The number of hydrogen-bond acceptors (Lipinski definition) is 4. The Morgan fingerprint density at radius 3 is 2.67 bits per heavy atom. The molecule has 0 saturated heterocycles. The molecule has 2 aliphatic rings. The van der Waals surface area contributed by atoms with Crippen molar-refractivity contribution in [3.05, 3.63) is 22.7 Å². The van der Waals surface area contributed by atoms with Crippen molar-refractivity contribution in [2.24, 2.45) is 0 Å². The number of hydrogen-bond donors (Lipinski definition) is 2. The highest BCUT2D eigenvalue weighted by Crippen LogP contribution is 2.39. The van der Waals surface area contributed by atoms with Crippen molar-refractivity contribution >= 4 is 23.5 Å². The Labute approximate surface area is 126 Å². The monoisotopic (exact) mass is 311 g/mol. The number of rotatable bonds is 4.